The molecule has 3 aromatic rings. The van der Waals surface area contributed by atoms with E-state index in [1.54, 1.807) is 36.4 Å². The highest BCUT2D eigenvalue weighted by Gasteiger charge is 2.09. The SMILES string of the molecule is CNc1nc(Oc2cncc(Cl)c2)nc(-n2ccnc2)n1. The summed E-state index contributed by atoms with van der Waals surface area (Å²) in [6.07, 6.45) is 7.96. The molecule has 21 heavy (non-hydrogen) atoms. The third-order valence-corrected chi connectivity index (χ3v) is 2.66. The van der Waals surface area contributed by atoms with Gasteiger partial charge in [0.2, 0.25) is 11.9 Å². The topological polar surface area (TPSA) is 90.6 Å². The third kappa shape index (κ3) is 3.06. The van der Waals surface area contributed by atoms with Crippen LogP contribution in [-0.2, 0) is 0 Å². The molecule has 3 heterocycles. The number of hydrogen-bond acceptors (Lipinski definition) is 7. The molecule has 0 aliphatic heterocycles. The minimum Gasteiger partial charge on any atom is -0.422 e. The van der Waals surface area contributed by atoms with Gasteiger partial charge in [-0.05, 0) is 0 Å². The molecule has 1 N–H and O–H groups in total. The molecular formula is C12H10ClN7O. The summed E-state index contributed by atoms with van der Waals surface area (Å²) in [5.41, 5.74) is 0. The van der Waals surface area contributed by atoms with Crippen molar-refractivity contribution in [3.63, 3.8) is 0 Å². The van der Waals surface area contributed by atoms with Crippen LogP contribution in [0.15, 0.2) is 37.2 Å². The second-order valence-electron chi connectivity index (χ2n) is 3.90. The van der Waals surface area contributed by atoms with Gasteiger partial charge in [-0.1, -0.05) is 11.6 Å². The van der Waals surface area contributed by atoms with E-state index in [4.69, 9.17) is 16.3 Å². The van der Waals surface area contributed by atoms with Crippen LogP contribution in [0.3, 0.4) is 0 Å². The molecule has 0 aliphatic rings. The van der Waals surface area contributed by atoms with Crippen LogP contribution in [-0.4, -0.2) is 36.5 Å². The van der Waals surface area contributed by atoms with Gasteiger partial charge in [0, 0.05) is 31.7 Å². The largest absolute Gasteiger partial charge is 0.422 e. The maximum Gasteiger partial charge on any atom is 0.328 e. The standard InChI is InChI=1S/C12H10ClN7O/c1-14-10-17-11(20-3-2-15-7-20)19-12(18-10)21-9-4-8(13)5-16-6-9/h2-7H,1H3,(H,14,17,18,19). The molecule has 0 atom stereocenters. The molecule has 0 amide bonds. The van der Waals surface area contributed by atoms with E-state index in [-0.39, 0.29) is 6.01 Å². The lowest BCUT2D eigenvalue weighted by molar-refractivity contribution is 0.437. The van der Waals surface area contributed by atoms with Gasteiger partial charge >= 0.3 is 6.01 Å². The van der Waals surface area contributed by atoms with Crippen molar-refractivity contribution in [2.45, 2.75) is 0 Å². The highest BCUT2D eigenvalue weighted by atomic mass is 35.5. The number of nitrogens with one attached hydrogen (secondary N) is 1. The predicted octanol–water partition coefficient (Wildman–Crippen LogP) is 1.94. The van der Waals surface area contributed by atoms with Gasteiger partial charge in [-0.15, -0.1) is 0 Å². The van der Waals surface area contributed by atoms with Crippen molar-refractivity contribution in [3.05, 3.63) is 42.2 Å². The van der Waals surface area contributed by atoms with Crippen LogP contribution in [0, 0.1) is 0 Å². The van der Waals surface area contributed by atoms with Crippen molar-refractivity contribution in [1.82, 2.24) is 29.5 Å². The van der Waals surface area contributed by atoms with Gasteiger partial charge in [-0.25, -0.2) is 4.98 Å². The summed E-state index contributed by atoms with van der Waals surface area (Å²) < 4.78 is 7.20. The molecule has 3 rings (SSSR count). The van der Waals surface area contributed by atoms with Gasteiger partial charge in [0.15, 0.2) is 5.75 Å². The van der Waals surface area contributed by atoms with E-state index >= 15 is 0 Å². The molecule has 3 aromatic heterocycles. The second-order valence-corrected chi connectivity index (χ2v) is 4.34. The molecule has 0 saturated carbocycles. The van der Waals surface area contributed by atoms with Crippen molar-refractivity contribution < 1.29 is 4.74 Å². The van der Waals surface area contributed by atoms with E-state index in [1.807, 2.05) is 0 Å². The van der Waals surface area contributed by atoms with Crippen LogP contribution < -0.4 is 10.1 Å². The second kappa shape index (κ2) is 5.71. The zero-order valence-corrected chi connectivity index (χ0v) is 11.7. The number of hydrogen-bond donors (Lipinski definition) is 1. The summed E-state index contributed by atoms with van der Waals surface area (Å²) in [5.74, 6) is 1.20. The lowest BCUT2D eigenvalue weighted by Gasteiger charge is -2.07. The first-order chi connectivity index (χ1) is 10.2. The summed E-state index contributed by atoms with van der Waals surface area (Å²) in [5, 5.41) is 3.31. The zero-order valence-electron chi connectivity index (χ0n) is 10.9. The van der Waals surface area contributed by atoms with Crippen molar-refractivity contribution in [2.75, 3.05) is 12.4 Å². The number of nitrogens with zero attached hydrogens (tertiary/aromatic N) is 6. The summed E-state index contributed by atoms with van der Waals surface area (Å²) in [6.45, 7) is 0. The summed E-state index contributed by atoms with van der Waals surface area (Å²) in [7, 11) is 1.71. The Morgan fingerprint density at radius 1 is 1.19 bits per heavy atom. The predicted molar refractivity (Wildman–Crippen MR) is 75.8 cm³/mol. The molecule has 0 fully saturated rings. The molecule has 0 aliphatic carbocycles. The van der Waals surface area contributed by atoms with E-state index in [1.165, 1.54) is 12.4 Å². The lowest BCUT2D eigenvalue weighted by Crippen LogP contribution is -2.06. The molecule has 0 spiro atoms. The lowest BCUT2D eigenvalue weighted by atomic mass is 10.5. The molecule has 9 heteroatoms. The van der Waals surface area contributed by atoms with Gasteiger partial charge in [0.1, 0.15) is 6.33 Å². The normalized spacial score (nSPS) is 10.4. The monoisotopic (exact) mass is 303 g/mol. The average Bonchev–Trinajstić information content (AvgIpc) is 3.01. The molecule has 8 nitrogen and oxygen atoms in total. The van der Waals surface area contributed by atoms with E-state index in [9.17, 15) is 0 Å². The first kappa shape index (κ1) is 13.3. The molecule has 0 bridgehead atoms. The minimum absolute atomic E-state index is 0.127. The van der Waals surface area contributed by atoms with Crippen LogP contribution in [0.1, 0.15) is 0 Å². The Bertz CT molecular complexity index is 747. The Balaban J connectivity index is 1.96. The third-order valence-electron chi connectivity index (χ3n) is 2.45. The Hall–Kier alpha value is -2.74. The van der Waals surface area contributed by atoms with E-state index < -0.39 is 0 Å². The fourth-order valence-electron chi connectivity index (χ4n) is 1.55. The first-order valence-electron chi connectivity index (χ1n) is 5.95. The van der Waals surface area contributed by atoms with Gasteiger partial charge < -0.3 is 10.1 Å². The maximum atomic E-state index is 5.86. The average molecular weight is 304 g/mol. The quantitative estimate of drug-likeness (QED) is 0.787. The molecule has 0 saturated heterocycles. The number of rotatable bonds is 4. The number of imidazole rings is 1. The summed E-state index contributed by atoms with van der Waals surface area (Å²) >= 11 is 5.86. The summed E-state index contributed by atoms with van der Waals surface area (Å²) in [6, 6.07) is 1.75. The maximum absolute atomic E-state index is 5.86. The van der Waals surface area contributed by atoms with Crippen molar-refractivity contribution >= 4 is 17.5 Å². The van der Waals surface area contributed by atoms with Crippen LogP contribution >= 0.6 is 11.6 Å². The Morgan fingerprint density at radius 2 is 2.10 bits per heavy atom. The van der Waals surface area contributed by atoms with Gasteiger partial charge in [0.25, 0.3) is 0 Å². The molecule has 0 aromatic carbocycles. The van der Waals surface area contributed by atoms with Gasteiger partial charge in [-0.3, -0.25) is 9.55 Å². The fraction of sp³-hybridized carbons (Fsp3) is 0.0833. The molecule has 106 valence electrons. The first-order valence-corrected chi connectivity index (χ1v) is 6.33. The number of anilines is 1. The van der Waals surface area contributed by atoms with Gasteiger partial charge in [0.05, 0.1) is 11.2 Å². The fourth-order valence-corrected chi connectivity index (χ4v) is 1.71. The van der Waals surface area contributed by atoms with E-state index in [0.717, 1.165) is 0 Å². The number of aromatic nitrogens is 6. The highest BCUT2D eigenvalue weighted by molar-refractivity contribution is 6.30. The van der Waals surface area contributed by atoms with Gasteiger partial charge in [-0.2, -0.15) is 15.0 Å². The van der Waals surface area contributed by atoms with Crippen LogP contribution in [0.4, 0.5) is 5.95 Å². The Labute approximate surface area is 124 Å². The number of pyridine rings is 1. The highest BCUT2D eigenvalue weighted by Crippen LogP contribution is 2.21. The van der Waals surface area contributed by atoms with Crippen molar-refractivity contribution in [2.24, 2.45) is 0 Å². The Morgan fingerprint density at radius 3 is 2.81 bits per heavy atom. The van der Waals surface area contributed by atoms with Crippen LogP contribution in [0.5, 0.6) is 11.8 Å². The van der Waals surface area contributed by atoms with Crippen molar-refractivity contribution in [3.8, 4) is 17.7 Å². The van der Waals surface area contributed by atoms with Crippen LogP contribution in [0.2, 0.25) is 5.02 Å². The van der Waals surface area contributed by atoms with E-state index in [0.29, 0.717) is 22.7 Å². The molecule has 0 unspecified atom stereocenters. The number of halogens is 1. The smallest absolute Gasteiger partial charge is 0.328 e. The molecular weight excluding hydrogens is 294 g/mol. The Kier molecular flexibility index (Phi) is 3.61. The van der Waals surface area contributed by atoms with E-state index in [2.05, 4.69) is 30.2 Å². The zero-order chi connectivity index (χ0) is 14.7. The summed E-state index contributed by atoms with van der Waals surface area (Å²) in [4.78, 5) is 20.5. The van der Waals surface area contributed by atoms with Crippen LogP contribution in [0.25, 0.3) is 5.95 Å². The number of ether oxygens (including phenoxy) is 1. The molecule has 0 radical (unpaired) electrons. The minimum atomic E-state index is 0.127. The van der Waals surface area contributed by atoms with Crippen molar-refractivity contribution in [1.29, 1.82) is 0 Å².